The predicted octanol–water partition coefficient (Wildman–Crippen LogP) is 3.27. The molecule has 0 spiro atoms. The average Bonchev–Trinajstić information content (AvgIpc) is 2.71. The number of benzene rings is 1. The van der Waals surface area contributed by atoms with E-state index < -0.39 is 0 Å². The van der Waals surface area contributed by atoms with Crippen LogP contribution in [0.3, 0.4) is 0 Å². The van der Waals surface area contributed by atoms with Crippen LogP contribution in [-0.4, -0.2) is 42.4 Å². The minimum atomic E-state index is -0.173. The molecule has 150 valence electrons. The Bertz CT molecular complexity index is 582. The molecule has 1 aliphatic heterocycles. The summed E-state index contributed by atoms with van der Waals surface area (Å²) in [4.78, 5) is 27.2. The van der Waals surface area contributed by atoms with Crippen LogP contribution in [0, 0.1) is 5.92 Å². The van der Waals surface area contributed by atoms with Gasteiger partial charge >= 0.3 is 0 Å². The molecule has 1 aromatic rings. The second-order valence-electron chi connectivity index (χ2n) is 7.54. The molecule has 2 N–H and O–H groups in total. The van der Waals surface area contributed by atoms with Crippen molar-refractivity contribution in [2.75, 3.05) is 19.6 Å². The Kier molecular flexibility index (Phi) is 8.79. The molecule has 2 atom stereocenters. The fourth-order valence-corrected chi connectivity index (χ4v) is 3.70. The molecular weight excluding hydrogens is 338 g/mol. The molecule has 0 saturated carbocycles. The molecule has 2 unspecified atom stereocenters. The third-order valence-corrected chi connectivity index (χ3v) is 5.47. The molecule has 1 aromatic carbocycles. The lowest BCUT2D eigenvalue weighted by atomic mass is 9.94. The highest BCUT2D eigenvalue weighted by atomic mass is 16.2. The number of piperidine rings is 1. The summed E-state index contributed by atoms with van der Waals surface area (Å²) >= 11 is 0. The molecule has 1 heterocycles. The highest BCUT2D eigenvalue weighted by Crippen LogP contribution is 2.21. The molecule has 27 heavy (non-hydrogen) atoms. The Morgan fingerprint density at radius 1 is 1.11 bits per heavy atom. The van der Waals surface area contributed by atoms with E-state index in [1.54, 1.807) is 0 Å². The highest BCUT2D eigenvalue weighted by Gasteiger charge is 2.30. The van der Waals surface area contributed by atoms with Gasteiger partial charge in [-0.1, -0.05) is 50.6 Å². The maximum Gasteiger partial charge on any atom is 0.237 e. The second kappa shape index (κ2) is 11.1. The molecule has 0 bridgehead atoms. The zero-order valence-corrected chi connectivity index (χ0v) is 17.0. The number of amides is 2. The summed E-state index contributed by atoms with van der Waals surface area (Å²) in [6.07, 6.45) is 4.56. The van der Waals surface area contributed by atoms with Crippen LogP contribution < -0.4 is 10.6 Å². The fraction of sp³-hybridized carbons (Fsp3) is 0.636. The van der Waals surface area contributed by atoms with Gasteiger partial charge < -0.3 is 10.6 Å². The molecule has 2 rings (SSSR count). The fourth-order valence-electron chi connectivity index (χ4n) is 3.70. The first-order valence-corrected chi connectivity index (χ1v) is 10.4. The van der Waals surface area contributed by atoms with Crippen molar-refractivity contribution in [1.82, 2.24) is 15.5 Å². The van der Waals surface area contributed by atoms with Crippen molar-refractivity contribution in [3.8, 4) is 0 Å². The van der Waals surface area contributed by atoms with Crippen molar-refractivity contribution >= 4 is 11.8 Å². The van der Waals surface area contributed by atoms with E-state index in [9.17, 15) is 9.59 Å². The lowest BCUT2D eigenvalue weighted by molar-refractivity contribution is -0.129. The first kappa shape index (κ1) is 21.4. The van der Waals surface area contributed by atoms with Gasteiger partial charge in [0.1, 0.15) is 0 Å². The van der Waals surface area contributed by atoms with Crippen molar-refractivity contribution in [3.05, 3.63) is 35.9 Å². The van der Waals surface area contributed by atoms with E-state index in [0.29, 0.717) is 0 Å². The van der Waals surface area contributed by atoms with Gasteiger partial charge in [0, 0.05) is 12.5 Å². The Morgan fingerprint density at radius 3 is 2.37 bits per heavy atom. The van der Waals surface area contributed by atoms with E-state index in [4.69, 9.17) is 0 Å². The number of carbonyl (C=O) groups excluding carboxylic acids is 2. The van der Waals surface area contributed by atoms with E-state index in [1.165, 1.54) is 0 Å². The van der Waals surface area contributed by atoms with Gasteiger partial charge in [0.25, 0.3) is 0 Å². The molecular formula is C22H35N3O2. The zero-order valence-electron chi connectivity index (χ0n) is 17.0. The van der Waals surface area contributed by atoms with E-state index in [2.05, 4.69) is 41.5 Å². The summed E-state index contributed by atoms with van der Waals surface area (Å²) in [5.41, 5.74) is 1.16. The molecule has 0 aromatic heterocycles. The van der Waals surface area contributed by atoms with Gasteiger partial charge in [-0.25, -0.2) is 0 Å². The van der Waals surface area contributed by atoms with E-state index >= 15 is 0 Å². The summed E-state index contributed by atoms with van der Waals surface area (Å²) in [6.45, 7) is 8.51. The summed E-state index contributed by atoms with van der Waals surface area (Å²) in [6, 6.07) is 10.1. The standard InChI is InChI=1S/C22H35N3O2/c1-4-9-20(18-10-7-6-8-11-18)24-21(26)17(3)25-15-12-19(13-16-25)22(27)23-14-5-2/h6-8,10-11,17,19-20H,4-5,9,12-16H2,1-3H3,(H,23,27)(H,24,26). The van der Waals surface area contributed by atoms with Gasteiger partial charge in [0.05, 0.1) is 12.1 Å². The maximum atomic E-state index is 12.8. The van der Waals surface area contributed by atoms with E-state index in [1.807, 2.05) is 25.1 Å². The van der Waals surface area contributed by atoms with Crippen molar-refractivity contribution in [3.63, 3.8) is 0 Å². The molecule has 1 aliphatic rings. The van der Waals surface area contributed by atoms with Crippen LogP contribution in [0.25, 0.3) is 0 Å². The van der Waals surface area contributed by atoms with Crippen LogP contribution in [-0.2, 0) is 9.59 Å². The number of hydrogen-bond acceptors (Lipinski definition) is 3. The van der Waals surface area contributed by atoms with E-state index in [-0.39, 0.29) is 29.8 Å². The van der Waals surface area contributed by atoms with Crippen molar-refractivity contribution in [2.45, 2.75) is 65.0 Å². The van der Waals surface area contributed by atoms with Gasteiger partial charge in [-0.05, 0) is 51.3 Å². The van der Waals surface area contributed by atoms with Crippen molar-refractivity contribution < 1.29 is 9.59 Å². The van der Waals surface area contributed by atoms with Crippen LogP contribution in [0.4, 0.5) is 0 Å². The topological polar surface area (TPSA) is 61.4 Å². The maximum absolute atomic E-state index is 12.8. The number of nitrogens with one attached hydrogen (secondary N) is 2. The van der Waals surface area contributed by atoms with Crippen molar-refractivity contribution in [2.24, 2.45) is 5.92 Å². The van der Waals surface area contributed by atoms with Gasteiger partial charge in [0.15, 0.2) is 0 Å². The number of nitrogens with zero attached hydrogens (tertiary/aromatic N) is 1. The molecule has 2 amide bonds. The number of hydrogen-bond donors (Lipinski definition) is 2. The van der Waals surface area contributed by atoms with Gasteiger partial charge in [-0.2, -0.15) is 0 Å². The first-order chi connectivity index (χ1) is 13.1. The minimum absolute atomic E-state index is 0.0588. The molecule has 1 fully saturated rings. The molecule has 0 aliphatic carbocycles. The van der Waals surface area contributed by atoms with Crippen LogP contribution in [0.1, 0.15) is 64.5 Å². The SMILES string of the molecule is CCCNC(=O)C1CCN(C(C)C(=O)NC(CCC)c2ccccc2)CC1. The van der Waals surface area contributed by atoms with Crippen LogP contribution in [0.15, 0.2) is 30.3 Å². The summed E-state index contributed by atoms with van der Waals surface area (Å²) < 4.78 is 0. The predicted molar refractivity (Wildman–Crippen MR) is 109 cm³/mol. The highest BCUT2D eigenvalue weighted by molar-refractivity contribution is 5.82. The normalized spacial score (nSPS) is 17.9. The zero-order chi connectivity index (χ0) is 19.6. The lowest BCUT2D eigenvalue weighted by Gasteiger charge is -2.35. The van der Waals surface area contributed by atoms with Crippen LogP contribution in [0.2, 0.25) is 0 Å². The number of rotatable bonds is 9. The van der Waals surface area contributed by atoms with Crippen molar-refractivity contribution in [1.29, 1.82) is 0 Å². The largest absolute Gasteiger partial charge is 0.356 e. The summed E-state index contributed by atoms with van der Waals surface area (Å²) in [7, 11) is 0. The summed E-state index contributed by atoms with van der Waals surface area (Å²) in [5.74, 6) is 0.326. The monoisotopic (exact) mass is 373 g/mol. The Hall–Kier alpha value is -1.88. The molecule has 5 heteroatoms. The summed E-state index contributed by atoms with van der Waals surface area (Å²) in [5, 5.41) is 6.22. The Morgan fingerprint density at radius 2 is 1.78 bits per heavy atom. The third-order valence-electron chi connectivity index (χ3n) is 5.47. The molecule has 5 nitrogen and oxygen atoms in total. The first-order valence-electron chi connectivity index (χ1n) is 10.4. The van der Waals surface area contributed by atoms with Gasteiger partial charge in [-0.15, -0.1) is 0 Å². The van der Waals surface area contributed by atoms with Crippen LogP contribution in [0.5, 0.6) is 0 Å². The van der Waals surface area contributed by atoms with Gasteiger partial charge in [-0.3, -0.25) is 14.5 Å². The number of likely N-dealkylation sites (tertiary alicyclic amines) is 1. The van der Waals surface area contributed by atoms with Crippen LogP contribution >= 0.6 is 0 Å². The lowest BCUT2D eigenvalue weighted by Crippen LogP contribution is -2.50. The quantitative estimate of drug-likeness (QED) is 0.698. The smallest absolute Gasteiger partial charge is 0.237 e. The second-order valence-corrected chi connectivity index (χ2v) is 7.54. The van der Waals surface area contributed by atoms with E-state index in [0.717, 1.165) is 57.3 Å². The third kappa shape index (κ3) is 6.35. The average molecular weight is 374 g/mol. The van der Waals surface area contributed by atoms with Gasteiger partial charge in [0.2, 0.25) is 11.8 Å². The number of carbonyl (C=O) groups is 2. The molecule has 1 saturated heterocycles. The Labute approximate surface area is 163 Å². The molecule has 0 radical (unpaired) electrons. The Balaban J connectivity index is 1.87. The minimum Gasteiger partial charge on any atom is -0.356 e.